The molecule has 5 rings (SSSR count). The molecule has 0 bridgehead atoms. The molecule has 1 aliphatic carbocycles. The van der Waals surface area contributed by atoms with Gasteiger partial charge in [0, 0.05) is 33.2 Å². The van der Waals surface area contributed by atoms with Crippen LogP contribution in [0.4, 0.5) is 16.4 Å². The molecule has 1 atom stereocenters. The van der Waals surface area contributed by atoms with Crippen LogP contribution in [-0.4, -0.2) is 22.5 Å². The predicted octanol–water partition coefficient (Wildman–Crippen LogP) is 6.78. The average molecular weight is 569 g/mol. The maximum atomic E-state index is 12.8. The number of nitriles is 1. The maximum Gasteiger partial charge on any atom is 0.270 e. The van der Waals surface area contributed by atoms with E-state index in [2.05, 4.69) is 28.8 Å². The van der Waals surface area contributed by atoms with E-state index in [0.29, 0.717) is 22.2 Å². The summed E-state index contributed by atoms with van der Waals surface area (Å²) in [7, 11) is 0. The minimum Gasteiger partial charge on any atom is -0.322 e. The molecule has 2 amide bonds. The fourth-order valence-electron chi connectivity index (χ4n) is 4.74. The summed E-state index contributed by atoms with van der Waals surface area (Å²) in [5.41, 5.74) is 3.43. The monoisotopic (exact) mass is 568 g/mol. The van der Waals surface area contributed by atoms with Crippen molar-refractivity contribution < 1.29 is 14.5 Å². The summed E-state index contributed by atoms with van der Waals surface area (Å²) in [6.07, 6.45) is 2.64. The molecule has 1 unspecified atom stereocenters. The van der Waals surface area contributed by atoms with Crippen LogP contribution in [0.3, 0.4) is 0 Å². The molecule has 1 aliphatic rings. The number of thiophene rings is 1. The van der Waals surface area contributed by atoms with Gasteiger partial charge < -0.3 is 10.6 Å². The van der Waals surface area contributed by atoms with Crippen molar-refractivity contribution in [2.75, 3.05) is 16.4 Å². The second-order valence-corrected chi connectivity index (χ2v) is 11.5. The van der Waals surface area contributed by atoms with Crippen LogP contribution in [-0.2, 0) is 17.6 Å². The molecular formula is C30H24N4O4S2. The molecular weight excluding hydrogens is 544 g/mol. The van der Waals surface area contributed by atoms with E-state index < -0.39 is 10.8 Å². The lowest BCUT2D eigenvalue weighted by Crippen LogP contribution is -2.14. The van der Waals surface area contributed by atoms with Gasteiger partial charge in [-0.15, -0.1) is 23.1 Å². The summed E-state index contributed by atoms with van der Waals surface area (Å²) < 4.78 is 0. The first kappa shape index (κ1) is 27.1. The van der Waals surface area contributed by atoms with Crippen molar-refractivity contribution >= 4 is 51.3 Å². The number of nitro groups is 1. The van der Waals surface area contributed by atoms with E-state index in [-0.39, 0.29) is 22.9 Å². The third-order valence-electron chi connectivity index (χ3n) is 6.68. The third-order valence-corrected chi connectivity index (χ3v) is 8.85. The SMILES string of the molecule is N#Cc1c(NC(=O)CSc2cccc(NC(=O)c3cccc([N+](=O)[O-])c3)c2)sc2c1CCC(c1ccccc1)C2. The lowest BCUT2D eigenvalue weighted by atomic mass is 9.83. The number of carbonyl (C=O) groups excluding carboxylic acids is 2. The number of anilines is 2. The summed E-state index contributed by atoms with van der Waals surface area (Å²) in [4.78, 5) is 37.8. The fourth-order valence-corrected chi connectivity index (χ4v) is 6.79. The zero-order valence-corrected chi connectivity index (χ0v) is 22.9. The predicted molar refractivity (Wildman–Crippen MR) is 157 cm³/mol. The molecule has 0 fully saturated rings. The highest BCUT2D eigenvalue weighted by atomic mass is 32.2. The van der Waals surface area contributed by atoms with Gasteiger partial charge in [0.2, 0.25) is 5.91 Å². The van der Waals surface area contributed by atoms with E-state index in [1.54, 1.807) is 18.2 Å². The number of rotatable bonds is 8. The van der Waals surface area contributed by atoms with Crippen LogP contribution in [0.25, 0.3) is 0 Å². The van der Waals surface area contributed by atoms with Gasteiger partial charge in [0.15, 0.2) is 0 Å². The number of non-ortho nitro benzene ring substituents is 1. The van der Waals surface area contributed by atoms with E-state index in [4.69, 9.17) is 0 Å². The quantitative estimate of drug-likeness (QED) is 0.137. The van der Waals surface area contributed by atoms with Gasteiger partial charge in [-0.2, -0.15) is 5.26 Å². The Hall–Kier alpha value is -4.46. The number of hydrogen-bond donors (Lipinski definition) is 2. The van der Waals surface area contributed by atoms with Crippen molar-refractivity contribution in [2.45, 2.75) is 30.1 Å². The van der Waals surface area contributed by atoms with Crippen LogP contribution in [0.2, 0.25) is 0 Å². The molecule has 2 N–H and O–H groups in total. The highest BCUT2D eigenvalue weighted by molar-refractivity contribution is 8.00. The molecule has 4 aromatic rings. The largest absolute Gasteiger partial charge is 0.322 e. The first-order chi connectivity index (χ1) is 19.4. The second-order valence-electron chi connectivity index (χ2n) is 9.30. The van der Waals surface area contributed by atoms with Gasteiger partial charge in [-0.25, -0.2) is 0 Å². The molecule has 1 aromatic heterocycles. The highest BCUT2D eigenvalue weighted by Crippen LogP contribution is 2.42. The molecule has 40 heavy (non-hydrogen) atoms. The average Bonchev–Trinajstić information content (AvgIpc) is 3.32. The fraction of sp³-hybridized carbons (Fsp3) is 0.167. The van der Waals surface area contributed by atoms with E-state index >= 15 is 0 Å². The summed E-state index contributed by atoms with van der Waals surface area (Å²) >= 11 is 2.80. The Morgan fingerprint density at radius 3 is 2.62 bits per heavy atom. The van der Waals surface area contributed by atoms with Crippen LogP contribution >= 0.6 is 23.1 Å². The minimum absolute atomic E-state index is 0.127. The first-order valence-electron chi connectivity index (χ1n) is 12.6. The molecule has 0 spiro atoms. The van der Waals surface area contributed by atoms with Crippen molar-refractivity contribution in [2.24, 2.45) is 0 Å². The number of nitro benzene ring substituents is 1. The van der Waals surface area contributed by atoms with Gasteiger partial charge >= 0.3 is 0 Å². The summed E-state index contributed by atoms with van der Waals surface area (Å²) in [6.45, 7) is 0. The Morgan fingerprint density at radius 2 is 1.85 bits per heavy atom. The van der Waals surface area contributed by atoms with Crippen molar-refractivity contribution in [3.05, 3.63) is 116 Å². The van der Waals surface area contributed by atoms with Crippen LogP contribution in [0.1, 0.15) is 44.3 Å². The van der Waals surface area contributed by atoms with Gasteiger partial charge in [-0.05, 0) is 60.6 Å². The molecule has 0 saturated heterocycles. The van der Waals surface area contributed by atoms with E-state index in [9.17, 15) is 25.0 Å². The topological polar surface area (TPSA) is 125 Å². The highest BCUT2D eigenvalue weighted by Gasteiger charge is 2.27. The number of benzene rings is 3. The molecule has 200 valence electrons. The van der Waals surface area contributed by atoms with Crippen molar-refractivity contribution in [1.29, 1.82) is 5.26 Å². The van der Waals surface area contributed by atoms with Gasteiger partial charge in [0.25, 0.3) is 11.6 Å². The number of fused-ring (bicyclic) bond motifs is 1. The van der Waals surface area contributed by atoms with Gasteiger partial charge in [0.05, 0.1) is 16.2 Å². The first-order valence-corrected chi connectivity index (χ1v) is 14.4. The molecule has 3 aromatic carbocycles. The van der Waals surface area contributed by atoms with Gasteiger partial charge in [-0.1, -0.05) is 42.5 Å². The zero-order valence-electron chi connectivity index (χ0n) is 21.3. The Morgan fingerprint density at radius 1 is 1.05 bits per heavy atom. The molecule has 1 heterocycles. The van der Waals surface area contributed by atoms with Crippen molar-refractivity contribution in [3.8, 4) is 6.07 Å². The van der Waals surface area contributed by atoms with E-state index in [1.165, 1.54) is 52.9 Å². The molecule has 0 saturated carbocycles. The number of carbonyl (C=O) groups is 2. The van der Waals surface area contributed by atoms with Crippen LogP contribution in [0.15, 0.2) is 83.8 Å². The Bertz CT molecular complexity index is 1630. The van der Waals surface area contributed by atoms with Gasteiger partial charge in [-0.3, -0.25) is 19.7 Å². The number of nitrogens with zero attached hydrogens (tertiary/aromatic N) is 2. The minimum atomic E-state index is -0.550. The second kappa shape index (κ2) is 12.2. The molecule has 8 nitrogen and oxygen atoms in total. The molecule has 0 aliphatic heterocycles. The summed E-state index contributed by atoms with van der Waals surface area (Å²) in [6, 6.07) is 25.2. The number of amides is 2. The van der Waals surface area contributed by atoms with Crippen molar-refractivity contribution in [1.82, 2.24) is 0 Å². The van der Waals surface area contributed by atoms with Gasteiger partial charge in [0.1, 0.15) is 11.1 Å². The van der Waals surface area contributed by atoms with Crippen molar-refractivity contribution in [3.63, 3.8) is 0 Å². The van der Waals surface area contributed by atoms with E-state index in [1.807, 2.05) is 24.3 Å². The molecule has 10 heteroatoms. The Kier molecular flexibility index (Phi) is 8.24. The Labute approximate surface area is 239 Å². The zero-order chi connectivity index (χ0) is 28.1. The Balaban J connectivity index is 1.20. The number of hydrogen-bond acceptors (Lipinski definition) is 7. The lowest BCUT2D eigenvalue weighted by molar-refractivity contribution is -0.384. The number of thioether (sulfide) groups is 1. The van der Waals surface area contributed by atoms with Crippen LogP contribution < -0.4 is 10.6 Å². The van der Waals surface area contributed by atoms with Crippen LogP contribution in [0, 0.1) is 21.4 Å². The lowest BCUT2D eigenvalue weighted by Gasteiger charge is -2.22. The summed E-state index contributed by atoms with van der Waals surface area (Å²) in [5.74, 6) is -0.153. The number of nitrogens with one attached hydrogen (secondary N) is 2. The normalized spacial score (nSPS) is 14.0. The smallest absolute Gasteiger partial charge is 0.270 e. The third kappa shape index (κ3) is 6.22. The van der Waals surface area contributed by atoms with E-state index in [0.717, 1.165) is 34.6 Å². The summed E-state index contributed by atoms with van der Waals surface area (Å²) in [5, 5.41) is 27.1. The van der Waals surface area contributed by atoms with Crippen LogP contribution in [0.5, 0.6) is 0 Å². The standard InChI is InChI=1S/C30H24N4O4S2/c31-17-26-25-13-12-20(19-6-2-1-3-7-19)15-27(25)40-30(26)33-28(35)18-39-24-11-5-9-22(16-24)32-29(36)21-8-4-10-23(14-21)34(37)38/h1-11,14,16,20H,12-13,15,18H2,(H,32,36)(H,33,35). The maximum absolute atomic E-state index is 12.8. The molecule has 0 radical (unpaired) electrons.